The van der Waals surface area contributed by atoms with Crippen molar-refractivity contribution in [1.82, 2.24) is 9.21 Å². The molecule has 1 fully saturated rings. The Morgan fingerprint density at radius 3 is 2.53 bits per heavy atom. The van der Waals surface area contributed by atoms with E-state index in [4.69, 9.17) is 4.42 Å². The molecular formula is C12H18N2O4S. The molecule has 7 heteroatoms. The number of carbonyl (C=O) groups is 1. The highest BCUT2D eigenvalue weighted by atomic mass is 32.2. The normalized spacial score (nSPS) is 17.9. The number of hydrogen-bond acceptors (Lipinski definition) is 4. The van der Waals surface area contributed by atoms with Crippen molar-refractivity contribution in [3.05, 3.63) is 24.2 Å². The molecule has 1 aromatic heterocycles. The summed E-state index contributed by atoms with van der Waals surface area (Å²) < 4.78 is 29.4. The summed E-state index contributed by atoms with van der Waals surface area (Å²) >= 11 is 0. The number of hydrogen-bond donors (Lipinski definition) is 0. The van der Waals surface area contributed by atoms with E-state index >= 15 is 0 Å². The smallest absolute Gasteiger partial charge is 0.289 e. The Morgan fingerprint density at radius 1 is 1.42 bits per heavy atom. The van der Waals surface area contributed by atoms with Crippen LogP contribution in [0.1, 0.15) is 23.4 Å². The van der Waals surface area contributed by atoms with Crippen molar-refractivity contribution in [1.29, 1.82) is 0 Å². The van der Waals surface area contributed by atoms with Gasteiger partial charge in [-0.3, -0.25) is 4.79 Å². The Bertz CT molecular complexity index is 530. The van der Waals surface area contributed by atoms with Crippen molar-refractivity contribution in [3.63, 3.8) is 0 Å². The van der Waals surface area contributed by atoms with Gasteiger partial charge >= 0.3 is 0 Å². The lowest BCUT2D eigenvalue weighted by Gasteiger charge is -2.35. The number of piperidine rings is 1. The van der Waals surface area contributed by atoms with E-state index in [0.29, 0.717) is 31.7 Å². The average molecular weight is 286 g/mol. The van der Waals surface area contributed by atoms with Gasteiger partial charge in [0.2, 0.25) is 10.0 Å². The van der Waals surface area contributed by atoms with Crippen molar-refractivity contribution >= 4 is 15.9 Å². The highest BCUT2D eigenvalue weighted by Gasteiger charge is 2.29. The number of nitrogens with zero attached hydrogens (tertiary/aromatic N) is 2. The number of rotatable bonds is 3. The van der Waals surface area contributed by atoms with E-state index in [9.17, 15) is 13.2 Å². The van der Waals surface area contributed by atoms with Crippen LogP contribution in [0.25, 0.3) is 0 Å². The van der Waals surface area contributed by atoms with E-state index in [1.54, 1.807) is 24.1 Å². The van der Waals surface area contributed by atoms with E-state index in [2.05, 4.69) is 0 Å². The third-order valence-corrected chi connectivity index (χ3v) is 4.87. The minimum Gasteiger partial charge on any atom is -0.459 e. The fourth-order valence-electron chi connectivity index (χ4n) is 2.26. The van der Waals surface area contributed by atoms with Crippen LogP contribution in [0, 0.1) is 0 Å². The predicted octanol–water partition coefficient (Wildman–Crippen LogP) is 0.776. The summed E-state index contributed by atoms with van der Waals surface area (Å²) in [6.07, 6.45) is 3.97. The zero-order chi connectivity index (χ0) is 14.0. The molecule has 0 aliphatic carbocycles. The maximum atomic E-state index is 12.0. The summed E-state index contributed by atoms with van der Waals surface area (Å²) in [6, 6.07) is 3.28. The Labute approximate surface area is 113 Å². The minimum absolute atomic E-state index is 0.0318. The van der Waals surface area contributed by atoms with Crippen LogP contribution in [-0.4, -0.2) is 56.0 Å². The largest absolute Gasteiger partial charge is 0.459 e. The Hall–Kier alpha value is -1.34. The van der Waals surface area contributed by atoms with Crippen molar-refractivity contribution in [2.75, 3.05) is 26.4 Å². The molecule has 0 spiro atoms. The van der Waals surface area contributed by atoms with Crippen LogP contribution in [-0.2, 0) is 10.0 Å². The van der Waals surface area contributed by atoms with Gasteiger partial charge in [0.05, 0.1) is 12.5 Å². The molecule has 1 aromatic rings. The summed E-state index contributed by atoms with van der Waals surface area (Å²) in [4.78, 5) is 13.7. The molecule has 6 nitrogen and oxygen atoms in total. The molecule has 19 heavy (non-hydrogen) atoms. The predicted molar refractivity (Wildman–Crippen MR) is 70.2 cm³/mol. The number of likely N-dealkylation sites (tertiary alicyclic amines) is 1. The Kier molecular flexibility index (Phi) is 3.96. The second-order valence-electron chi connectivity index (χ2n) is 4.78. The van der Waals surface area contributed by atoms with Gasteiger partial charge in [0.15, 0.2) is 5.76 Å². The molecule has 1 aliphatic heterocycles. The second kappa shape index (κ2) is 5.34. The van der Waals surface area contributed by atoms with Gasteiger partial charge in [-0.15, -0.1) is 0 Å². The molecule has 0 atom stereocenters. The summed E-state index contributed by atoms with van der Waals surface area (Å²) in [6.45, 7) is 1.09. The van der Waals surface area contributed by atoms with E-state index in [1.807, 2.05) is 0 Å². The molecule has 0 aromatic carbocycles. The van der Waals surface area contributed by atoms with Crippen molar-refractivity contribution in [2.45, 2.75) is 18.9 Å². The zero-order valence-corrected chi connectivity index (χ0v) is 11.9. The lowest BCUT2D eigenvalue weighted by Crippen LogP contribution is -2.46. The van der Waals surface area contributed by atoms with Gasteiger partial charge in [-0.25, -0.2) is 12.7 Å². The van der Waals surface area contributed by atoms with E-state index in [1.165, 1.54) is 16.8 Å². The van der Waals surface area contributed by atoms with E-state index < -0.39 is 10.0 Å². The summed E-state index contributed by atoms with van der Waals surface area (Å²) in [7, 11) is -1.58. The summed E-state index contributed by atoms with van der Waals surface area (Å²) in [5, 5.41) is 0. The van der Waals surface area contributed by atoms with Crippen molar-refractivity contribution in [2.24, 2.45) is 0 Å². The molecule has 0 radical (unpaired) electrons. The molecule has 106 valence electrons. The molecule has 2 heterocycles. The number of amides is 1. The maximum Gasteiger partial charge on any atom is 0.289 e. The summed E-state index contributed by atoms with van der Waals surface area (Å²) in [5.41, 5.74) is 0. The van der Waals surface area contributed by atoms with Gasteiger partial charge in [-0.05, 0) is 25.0 Å². The van der Waals surface area contributed by atoms with E-state index in [-0.39, 0.29) is 11.9 Å². The molecule has 1 amide bonds. The average Bonchev–Trinajstić information content (AvgIpc) is 2.90. The maximum absolute atomic E-state index is 12.0. The molecule has 2 rings (SSSR count). The quantitative estimate of drug-likeness (QED) is 0.823. The molecule has 1 aliphatic rings. The van der Waals surface area contributed by atoms with Gasteiger partial charge in [-0.2, -0.15) is 0 Å². The van der Waals surface area contributed by atoms with Crippen LogP contribution in [0.2, 0.25) is 0 Å². The molecule has 0 bridgehead atoms. The number of furan rings is 1. The highest BCUT2D eigenvalue weighted by Crippen LogP contribution is 2.19. The first kappa shape index (κ1) is 14.1. The lowest BCUT2D eigenvalue weighted by molar-refractivity contribution is 0.0654. The first-order chi connectivity index (χ1) is 8.89. The van der Waals surface area contributed by atoms with Crippen LogP contribution in [0.3, 0.4) is 0 Å². The molecular weight excluding hydrogens is 268 g/mol. The molecule has 0 unspecified atom stereocenters. The Balaban J connectivity index is 1.95. The first-order valence-corrected chi connectivity index (χ1v) is 8.00. The fraction of sp³-hybridized carbons (Fsp3) is 0.583. The first-order valence-electron chi connectivity index (χ1n) is 6.15. The monoisotopic (exact) mass is 286 g/mol. The number of sulfonamides is 1. The van der Waals surface area contributed by atoms with Crippen LogP contribution in [0.5, 0.6) is 0 Å². The fourth-order valence-corrected chi connectivity index (χ4v) is 3.01. The lowest BCUT2D eigenvalue weighted by atomic mass is 10.1. The van der Waals surface area contributed by atoms with Gasteiger partial charge < -0.3 is 9.32 Å². The highest BCUT2D eigenvalue weighted by molar-refractivity contribution is 7.88. The standard InChI is InChI=1S/C12H18N2O4S/c1-13(19(2,16)17)10-5-7-14(8-6-10)12(15)11-4-3-9-18-11/h3-4,9-10H,5-8H2,1-2H3. The van der Waals surface area contributed by atoms with Crippen molar-refractivity contribution in [3.8, 4) is 0 Å². The van der Waals surface area contributed by atoms with Gasteiger partial charge in [-0.1, -0.05) is 0 Å². The topological polar surface area (TPSA) is 70.8 Å². The van der Waals surface area contributed by atoms with E-state index in [0.717, 1.165) is 0 Å². The van der Waals surface area contributed by atoms with Gasteiger partial charge in [0.1, 0.15) is 0 Å². The van der Waals surface area contributed by atoms with Crippen LogP contribution < -0.4 is 0 Å². The number of carbonyl (C=O) groups excluding carboxylic acids is 1. The molecule has 1 saturated heterocycles. The van der Waals surface area contributed by atoms with Crippen molar-refractivity contribution < 1.29 is 17.6 Å². The molecule has 0 saturated carbocycles. The molecule has 0 N–H and O–H groups in total. The van der Waals surface area contributed by atoms with Gasteiger partial charge in [0, 0.05) is 26.2 Å². The van der Waals surface area contributed by atoms with Crippen LogP contribution in [0.4, 0.5) is 0 Å². The second-order valence-corrected chi connectivity index (χ2v) is 6.82. The third kappa shape index (κ3) is 3.16. The minimum atomic E-state index is -3.17. The van der Waals surface area contributed by atoms with Crippen LogP contribution >= 0.6 is 0 Å². The Morgan fingerprint density at radius 2 is 2.05 bits per heavy atom. The summed E-state index contributed by atoms with van der Waals surface area (Å²) in [5.74, 6) is 0.195. The zero-order valence-electron chi connectivity index (χ0n) is 11.1. The third-order valence-electron chi connectivity index (χ3n) is 3.52. The van der Waals surface area contributed by atoms with Crippen LogP contribution in [0.15, 0.2) is 22.8 Å². The SMILES string of the molecule is CN(C1CCN(C(=O)c2ccco2)CC1)S(C)(=O)=O. The van der Waals surface area contributed by atoms with Gasteiger partial charge in [0.25, 0.3) is 5.91 Å².